The minimum absolute atomic E-state index is 0.103. The van der Waals surface area contributed by atoms with E-state index in [1.54, 1.807) is 6.92 Å². The van der Waals surface area contributed by atoms with Crippen molar-refractivity contribution in [3.8, 4) is 0 Å². The van der Waals surface area contributed by atoms with Gasteiger partial charge in [0.15, 0.2) is 0 Å². The van der Waals surface area contributed by atoms with Crippen molar-refractivity contribution in [2.24, 2.45) is 0 Å². The summed E-state index contributed by atoms with van der Waals surface area (Å²) in [5.41, 5.74) is 0.191. The zero-order chi connectivity index (χ0) is 20.1. The Bertz CT molecular complexity index is 975. The summed E-state index contributed by atoms with van der Waals surface area (Å²) >= 11 is 0. The van der Waals surface area contributed by atoms with E-state index in [0.29, 0.717) is 24.1 Å². The van der Waals surface area contributed by atoms with Crippen molar-refractivity contribution in [3.63, 3.8) is 0 Å². The van der Waals surface area contributed by atoms with E-state index >= 15 is 0 Å². The first-order valence-electron chi connectivity index (χ1n) is 8.93. The van der Waals surface area contributed by atoms with Crippen molar-refractivity contribution in [1.29, 1.82) is 0 Å². The van der Waals surface area contributed by atoms with Gasteiger partial charge >= 0.3 is 6.03 Å². The summed E-state index contributed by atoms with van der Waals surface area (Å²) in [5, 5.41) is 5.39. The smallest absolute Gasteiger partial charge is 0.323 e. The maximum atomic E-state index is 14.0. The third kappa shape index (κ3) is 3.08. The monoisotopic (exact) mass is 389 g/mol. The van der Waals surface area contributed by atoms with Gasteiger partial charge in [0.25, 0.3) is 0 Å². The van der Waals surface area contributed by atoms with E-state index in [0.717, 1.165) is 12.1 Å². The number of carbonyl (C=O) groups is 2. The molecule has 1 saturated carbocycles. The summed E-state index contributed by atoms with van der Waals surface area (Å²) in [5.74, 6) is -2.30. The molecule has 1 heterocycles. The molecule has 2 aliphatic rings. The molecule has 2 aromatic carbocycles. The van der Waals surface area contributed by atoms with Gasteiger partial charge in [-0.15, -0.1) is 0 Å². The third-order valence-corrected chi connectivity index (χ3v) is 5.32. The van der Waals surface area contributed by atoms with Gasteiger partial charge in [-0.25, -0.2) is 18.0 Å². The predicted molar refractivity (Wildman–Crippen MR) is 95.8 cm³/mol. The van der Waals surface area contributed by atoms with Gasteiger partial charge in [0, 0.05) is 17.3 Å². The number of amides is 3. The summed E-state index contributed by atoms with van der Waals surface area (Å²) in [6.07, 6.45) is 0.908. The van der Waals surface area contributed by atoms with Crippen LogP contribution in [0.3, 0.4) is 0 Å². The number of carbonyl (C=O) groups excluding carboxylic acids is 2. The average molecular weight is 389 g/mol. The first-order chi connectivity index (χ1) is 13.3. The number of nitrogens with zero attached hydrogens (tertiary/aromatic N) is 1. The molecule has 0 saturated heterocycles. The molecule has 1 aliphatic carbocycles. The van der Waals surface area contributed by atoms with E-state index < -0.39 is 41.0 Å². The molecule has 1 aliphatic heterocycles. The molecule has 0 aromatic heterocycles. The van der Waals surface area contributed by atoms with Gasteiger partial charge in [-0.3, -0.25) is 4.79 Å². The van der Waals surface area contributed by atoms with Gasteiger partial charge in [-0.05, 0) is 49.6 Å². The van der Waals surface area contributed by atoms with Crippen molar-refractivity contribution in [1.82, 2.24) is 10.2 Å². The Morgan fingerprint density at radius 2 is 1.82 bits per heavy atom. The number of rotatable bonds is 4. The van der Waals surface area contributed by atoms with Crippen LogP contribution in [0.2, 0.25) is 0 Å². The number of hydrogen-bond acceptors (Lipinski definition) is 2. The molecule has 0 bridgehead atoms. The maximum Gasteiger partial charge on any atom is 0.323 e. The lowest BCUT2D eigenvalue weighted by Gasteiger charge is -2.36. The fourth-order valence-corrected chi connectivity index (χ4v) is 3.58. The highest BCUT2D eigenvalue weighted by Crippen LogP contribution is 2.45. The normalized spacial score (nSPS) is 18.1. The lowest BCUT2D eigenvalue weighted by atomic mass is 10.0. The van der Waals surface area contributed by atoms with Gasteiger partial charge in [-0.2, -0.15) is 0 Å². The van der Waals surface area contributed by atoms with Crippen LogP contribution >= 0.6 is 0 Å². The summed E-state index contributed by atoms with van der Waals surface area (Å²) in [6, 6.07) is 6.09. The van der Waals surface area contributed by atoms with Gasteiger partial charge < -0.3 is 15.5 Å². The topological polar surface area (TPSA) is 61.4 Å². The molecule has 8 heteroatoms. The fraction of sp³-hybridized carbons (Fsp3) is 0.300. The van der Waals surface area contributed by atoms with Crippen LogP contribution in [-0.2, 0) is 11.3 Å². The van der Waals surface area contributed by atoms with E-state index in [9.17, 15) is 22.8 Å². The molecule has 2 aromatic rings. The van der Waals surface area contributed by atoms with Gasteiger partial charge in [0.2, 0.25) is 5.91 Å². The Labute approximate surface area is 159 Å². The molecule has 1 atom stereocenters. The molecule has 4 rings (SSSR count). The van der Waals surface area contributed by atoms with Crippen molar-refractivity contribution >= 4 is 17.6 Å². The van der Waals surface area contributed by atoms with Crippen LogP contribution in [0.25, 0.3) is 0 Å². The molecule has 0 radical (unpaired) electrons. The highest BCUT2D eigenvalue weighted by molar-refractivity contribution is 5.99. The number of fused-ring (bicyclic) bond motifs is 1. The largest absolute Gasteiger partial charge is 0.347 e. The second-order valence-electron chi connectivity index (χ2n) is 7.21. The number of anilines is 1. The lowest BCUT2D eigenvalue weighted by Crippen LogP contribution is -2.54. The standard InChI is InChI=1S/C20H18F3N3O2/c1-11(15-4-2-14(22)9-16(15)23)24-18(27)20(6-7-20)26-10-12-8-13(21)3-5-17(12)25-19(26)28/h2-5,8-9,11H,6-7,10H2,1H3,(H,24,27)(H,25,28)/t11-/m0/s1. The first-order valence-corrected chi connectivity index (χ1v) is 8.93. The molecule has 0 unspecified atom stereocenters. The summed E-state index contributed by atoms with van der Waals surface area (Å²) in [4.78, 5) is 26.8. The summed E-state index contributed by atoms with van der Waals surface area (Å²) in [7, 11) is 0. The molecular weight excluding hydrogens is 371 g/mol. The van der Waals surface area contributed by atoms with Crippen LogP contribution in [-0.4, -0.2) is 22.4 Å². The second kappa shape index (κ2) is 6.54. The Balaban J connectivity index is 1.53. The van der Waals surface area contributed by atoms with Crippen molar-refractivity contribution in [2.45, 2.75) is 37.9 Å². The number of urea groups is 1. The SMILES string of the molecule is C[C@H](NC(=O)C1(N2Cc3cc(F)ccc3NC2=O)CC1)c1ccc(F)cc1F. The van der Waals surface area contributed by atoms with E-state index in [1.807, 2.05) is 0 Å². The van der Waals surface area contributed by atoms with Crippen LogP contribution in [0.15, 0.2) is 36.4 Å². The van der Waals surface area contributed by atoms with Gasteiger partial charge in [0.05, 0.1) is 12.6 Å². The number of hydrogen-bond donors (Lipinski definition) is 2. The minimum atomic E-state index is -1.06. The van der Waals surface area contributed by atoms with Crippen LogP contribution in [0.5, 0.6) is 0 Å². The van der Waals surface area contributed by atoms with Crippen LogP contribution in [0, 0.1) is 17.5 Å². The van der Waals surface area contributed by atoms with Gasteiger partial charge in [0.1, 0.15) is 23.0 Å². The fourth-order valence-electron chi connectivity index (χ4n) is 3.58. The zero-order valence-electron chi connectivity index (χ0n) is 15.1. The Kier molecular flexibility index (Phi) is 4.28. The Morgan fingerprint density at radius 1 is 1.14 bits per heavy atom. The van der Waals surface area contributed by atoms with E-state index in [4.69, 9.17) is 0 Å². The quantitative estimate of drug-likeness (QED) is 0.834. The molecule has 1 fully saturated rings. The second-order valence-corrected chi connectivity index (χ2v) is 7.21. The molecular formula is C20H18F3N3O2. The van der Waals surface area contributed by atoms with E-state index in [-0.39, 0.29) is 12.1 Å². The third-order valence-electron chi connectivity index (χ3n) is 5.32. The number of benzene rings is 2. The molecule has 2 N–H and O–H groups in total. The van der Waals surface area contributed by atoms with Crippen LogP contribution in [0.1, 0.15) is 36.9 Å². The molecule has 0 spiro atoms. The van der Waals surface area contributed by atoms with Crippen molar-refractivity contribution in [2.75, 3.05) is 5.32 Å². The molecule has 3 amide bonds. The van der Waals surface area contributed by atoms with Crippen molar-refractivity contribution < 1.29 is 22.8 Å². The molecule has 146 valence electrons. The highest BCUT2D eigenvalue weighted by Gasteiger charge is 2.57. The Hall–Kier alpha value is -3.03. The molecule has 5 nitrogen and oxygen atoms in total. The van der Waals surface area contributed by atoms with E-state index in [1.165, 1.54) is 29.2 Å². The maximum absolute atomic E-state index is 14.0. The van der Waals surface area contributed by atoms with Crippen LogP contribution < -0.4 is 10.6 Å². The van der Waals surface area contributed by atoms with Crippen LogP contribution in [0.4, 0.5) is 23.7 Å². The molecule has 28 heavy (non-hydrogen) atoms. The summed E-state index contributed by atoms with van der Waals surface area (Å²) < 4.78 is 40.6. The minimum Gasteiger partial charge on any atom is -0.347 e. The number of halogens is 3. The van der Waals surface area contributed by atoms with Gasteiger partial charge in [-0.1, -0.05) is 6.07 Å². The zero-order valence-corrected chi connectivity index (χ0v) is 15.1. The first kappa shape index (κ1) is 18.3. The Morgan fingerprint density at radius 3 is 2.50 bits per heavy atom. The highest BCUT2D eigenvalue weighted by atomic mass is 19.1. The average Bonchev–Trinajstić information content (AvgIpc) is 3.43. The number of nitrogens with one attached hydrogen (secondary N) is 2. The van der Waals surface area contributed by atoms with Crippen molar-refractivity contribution in [3.05, 3.63) is 65.0 Å². The lowest BCUT2D eigenvalue weighted by molar-refractivity contribution is -0.127. The van der Waals surface area contributed by atoms with E-state index in [2.05, 4.69) is 10.6 Å². The summed E-state index contributed by atoms with van der Waals surface area (Å²) in [6.45, 7) is 1.69. The predicted octanol–water partition coefficient (Wildman–Crippen LogP) is 3.86.